The number of rotatable bonds is 6. The number of hydrogen-bond acceptors (Lipinski definition) is 3. The minimum Gasteiger partial charge on any atom is -0.366 e. The lowest BCUT2D eigenvalue weighted by Gasteiger charge is -2.10. The van der Waals surface area contributed by atoms with Gasteiger partial charge in [0, 0.05) is 23.9 Å². The van der Waals surface area contributed by atoms with Gasteiger partial charge in [0.2, 0.25) is 0 Å². The molecule has 4 aromatic rings. The van der Waals surface area contributed by atoms with Crippen LogP contribution in [0.25, 0.3) is 22.7 Å². The zero-order valence-electron chi connectivity index (χ0n) is 15.6. The number of nitrogens with zero attached hydrogens (tertiary/aromatic N) is 2. The Labute approximate surface area is 163 Å². The van der Waals surface area contributed by atoms with Crippen molar-refractivity contribution < 1.29 is 9.32 Å². The summed E-state index contributed by atoms with van der Waals surface area (Å²) in [6.07, 6.45) is 0.838. The Morgan fingerprint density at radius 1 is 1.04 bits per heavy atom. The summed E-state index contributed by atoms with van der Waals surface area (Å²) in [7, 11) is 0. The lowest BCUT2D eigenvalue weighted by molar-refractivity contribution is 0.0999. The summed E-state index contributed by atoms with van der Waals surface area (Å²) in [5.41, 5.74) is 10.6. The van der Waals surface area contributed by atoms with E-state index < -0.39 is 5.91 Å². The van der Waals surface area contributed by atoms with E-state index in [0.29, 0.717) is 23.6 Å². The fourth-order valence-electron chi connectivity index (χ4n) is 3.41. The summed E-state index contributed by atoms with van der Waals surface area (Å²) in [6, 6.07) is 23.7. The number of amides is 1. The highest BCUT2D eigenvalue weighted by Gasteiger charge is 2.19. The van der Waals surface area contributed by atoms with Crippen molar-refractivity contribution in [3.63, 3.8) is 0 Å². The Morgan fingerprint density at radius 3 is 2.39 bits per heavy atom. The molecule has 5 nitrogen and oxygen atoms in total. The quantitative estimate of drug-likeness (QED) is 0.544. The molecule has 0 saturated carbocycles. The molecule has 5 heteroatoms. The summed E-state index contributed by atoms with van der Waals surface area (Å²) < 4.78 is 7.64. The topological polar surface area (TPSA) is 74.1 Å². The third kappa shape index (κ3) is 3.47. The zero-order valence-corrected chi connectivity index (χ0v) is 15.6. The molecule has 0 aliphatic rings. The van der Waals surface area contributed by atoms with E-state index >= 15 is 0 Å². The highest BCUT2D eigenvalue weighted by molar-refractivity contribution is 5.95. The number of benzene rings is 2. The molecule has 0 unspecified atom stereocenters. The molecule has 2 aromatic heterocycles. The third-order valence-corrected chi connectivity index (χ3v) is 4.93. The van der Waals surface area contributed by atoms with Crippen LogP contribution in [-0.4, -0.2) is 15.6 Å². The van der Waals surface area contributed by atoms with Gasteiger partial charge in [0.15, 0.2) is 5.76 Å². The van der Waals surface area contributed by atoms with Gasteiger partial charge < -0.3 is 14.8 Å². The van der Waals surface area contributed by atoms with Crippen molar-refractivity contribution in [3.8, 4) is 22.7 Å². The van der Waals surface area contributed by atoms with Crippen LogP contribution in [0.1, 0.15) is 21.6 Å². The molecule has 2 N–H and O–H groups in total. The molecule has 0 bridgehead atoms. The van der Waals surface area contributed by atoms with Crippen LogP contribution in [0, 0.1) is 6.92 Å². The van der Waals surface area contributed by atoms with Crippen LogP contribution >= 0.6 is 0 Å². The van der Waals surface area contributed by atoms with Gasteiger partial charge in [-0.15, -0.1) is 0 Å². The number of primary amides is 1. The summed E-state index contributed by atoms with van der Waals surface area (Å²) >= 11 is 0. The Bertz CT molecular complexity index is 1100. The van der Waals surface area contributed by atoms with Crippen LogP contribution in [0.2, 0.25) is 0 Å². The number of aryl methyl sites for hydroxylation is 1. The van der Waals surface area contributed by atoms with Crippen molar-refractivity contribution in [2.75, 3.05) is 0 Å². The Kier molecular flexibility index (Phi) is 4.81. The van der Waals surface area contributed by atoms with Crippen molar-refractivity contribution in [1.82, 2.24) is 9.72 Å². The normalized spacial score (nSPS) is 10.9. The SMILES string of the molecule is Cc1c(C(N)=O)cc(-c2cc(-c3ccccc3)on2)n1CCc1ccccc1. The fraction of sp³-hybridized carbons (Fsp3) is 0.130. The average molecular weight is 371 g/mol. The first-order chi connectivity index (χ1) is 13.6. The first-order valence-electron chi connectivity index (χ1n) is 9.20. The van der Waals surface area contributed by atoms with Crippen molar-refractivity contribution in [2.24, 2.45) is 5.73 Å². The van der Waals surface area contributed by atoms with E-state index in [4.69, 9.17) is 10.3 Å². The summed E-state index contributed by atoms with van der Waals surface area (Å²) in [4.78, 5) is 11.9. The molecule has 2 heterocycles. The van der Waals surface area contributed by atoms with Crippen LogP contribution in [-0.2, 0) is 13.0 Å². The van der Waals surface area contributed by atoms with Gasteiger partial charge in [0.05, 0.1) is 11.3 Å². The van der Waals surface area contributed by atoms with Gasteiger partial charge in [-0.25, -0.2) is 0 Å². The van der Waals surface area contributed by atoms with Gasteiger partial charge in [-0.2, -0.15) is 0 Å². The highest BCUT2D eigenvalue weighted by atomic mass is 16.5. The Hall–Kier alpha value is -3.60. The van der Waals surface area contributed by atoms with E-state index in [0.717, 1.165) is 23.4 Å². The monoisotopic (exact) mass is 371 g/mol. The standard InChI is InChI=1S/C23H21N3O2/c1-16-19(23(24)27)14-21(26(16)13-12-17-8-4-2-5-9-17)20-15-22(28-25-20)18-10-6-3-7-11-18/h2-11,14-15H,12-13H2,1H3,(H2,24,27). The van der Waals surface area contributed by atoms with Crippen molar-refractivity contribution >= 4 is 5.91 Å². The van der Waals surface area contributed by atoms with E-state index in [1.165, 1.54) is 5.56 Å². The Morgan fingerprint density at radius 2 is 1.71 bits per heavy atom. The molecular weight excluding hydrogens is 350 g/mol. The number of carbonyl (C=O) groups is 1. The van der Waals surface area contributed by atoms with E-state index in [1.54, 1.807) is 6.07 Å². The minimum absolute atomic E-state index is 0.441. The second-order valence-corrected chi connectivity index (χ2v) is 6.72. The second kappa shape index (κ2) is 7.56. The number of carbonyl (C=O) groups excluding carboxylic acids is 1. The van der Waals surface area contributed by atoms with Crippen LogP contribution in [0.5, 0.6) is 0 Å². The maximum absolute atomic E-state index is 11.9. The van der Waals surface area contributed by atoms with Crippen LogP contribution < -0.4 is 5.73 Å². The smallest absolute Gasteiger partial charge is 0.250 e. The van der Waals surface area contributed by atoms with Gasteiger partial charge in [-0.05, 0) is 25.0 Å². The first kappa shape index (κ1) is 17.8. The van der Waals surface area contributed by atoms with Crippen LogP contribution in [0.3, 0.4) is 0 Å². The molecule has 0 atom stereocenters. The minimum atomic E-state index is -0.441. The van der Waals surface area contributed by atoms with E-state index in [9.17, 15) is 4.79 Å². The second-order valence-electron chi connectivity index (χ2n) is 6.72. The van der Waals surface area contributed by atoms with E-state index in [-0.39, 0.29) is 0 Å². The van der Waals surface area contributed by atoms with Gasteiger partial charge in [-0.3, -0.25) is 4.79 Å². The molecule has 0 fully saturated rings. The summed E-state index contributed by atoms with van der Waals surface area (Å²) in [6.45, 7) is 2.62. The number of aromatic nitrogens is 2. The predicted molar refractivity (Wildman–Crippen MR) is 109 cm³/mol. The van der Waals surface area contributed by atoms with Gasteiger partial charge in [0.25, 0.3) is 5.91 Å². The van der Waals surface area contributed by atoms with E-state index in [2.05, 4.69) is 21.9 Å². The lowest BCUT2D eigenvalue weighted by Crippen LogP contribution is -2.13. The average Bonchev–Trinajstić information content (AvgIpc) is 3.33. The molecule has 0 aliphatic heterocycles. The van der Waals surface area contributed by atoms with Crippen LogP contribution in [0.4, 0.5) is 0 Å². The maximum Gasteiger partial charge on any atom is 0.250 e. The van der Waals surface area contributed by atoms with Crippen molar-refractivity contribution in [1.29, 1.82) is 0 Å². The molecule has 0 spiro atoms. The molecule has 0 saturated heterocycles. The fourth-order valence-corrected chi connectivity index (χ4v) is 3.41. The van der Waals surface area contributed by atoms with Crippen molar-refractivity contribution in [2.45, 2.75) is 19.9 Å². The molecule has 2 aromatic carbocycles. The molecular formula is C23H21N3O2. The molecule has 1 amide bonds. The Balaban J connectivity index is 1.71. The molecule has 140 valence electrons. The lowest BCUT2D eigenvalue weighted by atomic mass is 10.1. The highest BCUT2D eigenvalue weighted by Crippen LogP contribution is 2.29. The molecule has 0 radical (unpaired) electrons. The number of nitrogens with two attached hydrogens (primary N) is 1. The summed E-state index contributed by atoms with van der Waals surface area (Å²) in [5.74, 6) is 0.244. The third-order valence-electron chi connectivity index (χ3n) is 4.93. The van der Waals surface area contributed by atoms with Gasteiger partial charge in [-0.1, -0.05) is 65.8 Å². The van der Waals surface area contributed by atoms with Gasteiger partial charge in [0.1, 0.15) is 5.69 Å². The van der Waals surface area contributed by atoms with Gasteiger partial charge >= 0.3 is 0 Å². The maximum atomic E-state index is 11.9. The zero-order chi connectivity index (χ0) is 19.5. The molecule has 28 heavy (non-hydrogen) atoms. The number of hydrogen-bond donors (Lipinski definition) is 1. The van der Waals surface area contributed by atoms with Crippen LogP contribution in [0.15, 0.2) is 77.3 Å². The van der Waals surface area contributed by atoms with Crippen molar-refractivity contribution in [3.05, 3.63) is 89.6 Å². The largest absolute Gasteiger partial charge is 0.366 e. The molecule has 4 rings (SSSR count). The first-order valence-corrected chi connectivity index (χ1v) is 9.20. The van der Waals surface area contributed by atoms with E-state index in [1.807, 2.05) is 61.5 Å². The molecule has 0 aliphatic carbocycles. The summed E-state index contributed by atoms with van der Waals surface area (Å²) in [5, 5.41) is 4.24. The predicted octanol–water partition coefficient (Wildman–Crippen LogP) is 4.46.